The lowest BCUT2D eigenvalue weighted by Gasteiger charge is -2.04. The fraction of sp³-hybridized carbons (Fsp3) is 0.273. The SMILES string of the molecule is COC(=O)C(=O)NCCc1ccc(F)c(F)c1. The molecule has 0 fully saturated rings. The van der Waals surface area contributed by atoms with Gasteiger partial charge in [-0.15, -0.1) is 0 Å². The van der Waals surface area contributed by atoms with Crippen molar-refractivity contribution in [2.24, 2.45) is 0 Å². The fourth-order valence-corrected chi connectivity index (χ4v) is 1.18. The molecule has 92 valence electrons. The molecule has 6 heteroatoms. The van der Waals surface area contributed by atoms with E-state index in [1.807, 2.05) is 0 Å². The van der Waals surface area contributed by atoms with Crippen LogP contribution in [-0.2, 0) is 20.7 Å². The van der Waals surface area contributed by atoms with Gasteiger partial charge in [-0.3, -0.25) is 4.79 Å². The highest BCUT2D eigenvalue weighted by Crippen LogP contribution is 2.08. The van der Waals surface area contributed by atoms with E-state index < -0.39 is 23.5 Å². The predicted molar refractivity (Wildman–Crippen MR) is 55.1 cm³/mol. The van der Waals surface area contributed by atoms with Gasteiger partial charge in [-0.2, -0.15) is 0 Å². The summed E-state index contributed by atoms with van der Waals surface area (Å²) in [4.78, 5) is 21.7. The van der Waals surface area contributed by atoms with Crippen LogP contribution in [-0.4, -0.2) is 25.5 Å². The molecule has 0 aliphatic carbocycles. The number of nitrogens with one attached hydrogen (secondary N) is 1. The number of hydrogen-bond donors (Lipinski definition) is 1. The number of esters is 1. The van der Waals surface area contributed by atoms with Gasteiger partial charge in [0, 0.05) is 6.54 Å². The Morgan fingerprint density at radius 3 is 2.59 bits per heavy atom. The van der Waals surface area contributed by atoms with Crippen molar-refractivity contribution >= 4 is 11.9 Å². The topological polar surface area (TPSA) is 55.4 Å². The summed E-state index contributed by atoms with van der Waals surface area (Å²) < 4.78 is 29.6. The number of methoxy groups -OCH3 is 1. The molecule has 0 aromatic heterocycles. The molecule has 4 nitrogen and oxygen atoms in total. The van der Waals surface area contributed by atoms with Crippen LogP contribution in [0.1, 0.15) is 5.56 Å². The third kappa shape index (κ3) is 3.82. The Kier molecular flexibility index (Phi) is 4.56. The van der Waals surface area contributed by atoms with Crippen LogP contribution >= 0.6 is 0 Å². The summed E-state index contributed by atoms with van der Waals surface area (Å²) in [5, 5.41) is 2.29. The zero-order valence-corrected chi connectivity index (χ0v) is 9.13. The Bertz CT molecular complexity index is 435. The molecule has 1 N–H and O–H groups in total. The van der Waals surface area contributed by atoms with Crippen molar-refractivity contribution in [3.8, 4) is 0 Å². The monoisotopic (exact) mass is 243 g/mol. The highest BCUT2D eigenvalue weighted by molar-refractivity contribution is 6.32. The van der Waals surface area contributed by atoms with Gasteiger partial charge in [-0.05, 0) is 24.1 Å². The summed E-state index contributed by atoms with van der Waals surface area (Å²) in [7, 11) is 1.09. The molecule has 0 spiro atoms. The Morgan fingerprint density at radius 1 is 1.29 bits per heavy atom. The predicted octanol–water partition coefficient (Wildman–Crippen LogP) is 0.796. The minimum Gasteiger partial charge on any atom is -0.462 e. The van der Waals surface area contributed by atoms with E-state index in [9.17, 15) is 18.4 Å². The van der Waals surface area contributed by atoms with Crippen LogP contribution in [0.15, 0.2) is 18.2 Å². The number of hydrogen-bond acceptors (Lipinski definition) is 3. The fourth-order valence-electron chi connectivity index (χ4n) is 1.18. The molecule has 1 aromatic carbocycles. The smallest absolute Gasteiger partial charge is 0.396 e. The first-order valence-corrected chi connectivity index (χ1v) is 4.84. The van der Waals surface area contributed by atoms with Gasteiger partial charge >= 0.3 is 11.9 Å². The van der Waals surface area contributed by atoms with Gasteiger partial charge in [-0.1, -0.05) is 6.07 Å². The lowest BCUT2D eigenvalue weighted by atomic mass is 10.1. The molecule has 0 unspecified atom stereocenters. The first-order chi connectivity index (χ1) is 8.04. The molecule has 0 saturated heterocycles. The average molecular weight is 243 g/mol. The lowest BCUT2D eigenvalue weighted by Crippen LogP contribution is -2.33. The Balaban J connectivity index is 2.43. The minimum atomic E-state index is -0.990. The lowest BCUT2D eigenvalue weighted by molar-refractivity contribution is -0.152. The van der Waals surface area contributed by atoms with Crippen LogP contribution in [0.4, 0.5) is 8.78 Å². The van der Waals surface area contributed by atoms with Crippen LogP contribution in [0.3, 0.4) is 0 Å². The van der Waals surface area contributed by atoms with Crippen molar-refractivity contribution in [1.82, 2.24) is 5.32 Å². The van der Waals surface area contributed by atoms with E-state index in [0.717, 1.165) is 19.2 Å². The van der Waals surface area contributed by atoms with E-state index in [0.29, 0.717) is 12.0 Å². The maximum Gasteiger partial charge on any atom is 0.396 e. The van der Waals surface area contributed by atoms with Crippen molar-refractivity contribution in [3.05, 3.63) is 35.4 Å². The molecule has 17 heavy (non-hydrogen) atoms. The number of halogens is 2. The summed E-state index contributed by atoms with van der Waals surface area (Å²) in [6.07, 6.45) is 0.292. The van der Waals surface area contributed by atoms with Gasteiger partial charge in [0.05, 0.1) is 7.11 Å². The third-order valence-electron chi connectivity index (χ3n) is 2.05. The second-order valence-corrected chi connectivity index (χ2v) is 3.25. The molecule has 0 bridgehead atoms. The summed E-state index contributed by atoms with van der Waals surface area (Å²) in [5.74, 6) is -3.72. The van der Waals surface area contributed by atoms with Gasteiger partial charge in [0.2, 0.25) is 0 Å². The maximum atomic E-state index is 12.8. The Morgan fingerprint density at radius 2 is 2.00 bits per heavy atom. The normalized spacial score (nSPS) is 9.82. The Hall–Kier alpha value is -1.98. The molecule has 0 aliphatic rings. The van der Waals surface area contributed by atoms with E-state index in [-0.39, 0.29) is 6.54 Å². The summed E-state index contributed by atoms with van der Waals surface area (Å²) >= 11 is 0. The van der Waals surface area contributed by atoms with Crippen molar-refractivity contribution in [2.75, 3.05) is 13.7 Å². The van der Waals surface area contributed by atoms with Crippen LogP contribution in [0.5, 0.6) is 0 Å². The van der Waals surface area contributed by atoms with Crippen LogP contribution in [0.25, 0.3) is 0 Å². The number of carbonyl (C=O) groups is 2. The van der Waals surface area contributed by atoms with Gasteiger partial charge in [-0.25, -0.2) is 13.6 Å². The molecular formula is C11H11F2NO3. The standard InChI is InChI=1S/C11H11F2NO3/c1-17-11(16)10(15)14-5-4-7-2-3-8(12)9(13)6-7/h2-3,6H,4-5H2,1H3,(H,14,15). The third-order valence-corrected chi connectivity index (χ3v) is 2.05. The van der Waals surface area contributed by atoms with E-state index in [1.54, 1.807) is 0 Å². The van der Waals surface area contributed by atoms with Crippen molar-refractivity contribution in [1.29, 1.82) is 0 Å². The highest BCUT2D eigenvalue weighted by atomic mass is 19.2. The molecule has 0 radical (unpaired) electrons. The second kappa shape index (κ2) is 5.93. The first kappa shape index (κ1) is 13.1. The number of benzene rings is 1. The molecule has 0 saturated carbocycles. The van der Waals surface area contributed by atoms with Gasteiger partial charge in [0.1, 0.15) is 0 Å². The summed E-state index contributed by atoms with van der Waals surface area (Å²) in [6.45, 7) is 0.138. The molecule has 1 rings (SSSR count). The molecule has 0 atom stereocenters. The van der Waals surface area contributed by atoms with Crippen molar-refractivity contribution in [2.45, 2.75) is 6.42 Å². The van der Waals surface area contributed by atoms with E-state index >= 15 is 0 Å². The maximum absolute atomic E-state index is 12.8. The largest absolute Gasteiger partial charge is 0.462 e. The Labute approximate surface area is 96.6 Å². The van der Waals surface area contributed by atoms with Gasteiger partial charge < -0.3 is 10.1 Å². The van der Waals surface area contributed by atoms with E-state index in [4.69, 9.17) is 0 Å². The number of carbonyl (C=O) groups excluding carboxylic acids is 2. The molecule has 0 heterocycles. The average Bonchev–Trinajstić information content (AvgIpc) is 2.32. The first-order valence-electron chi connectivity index (χ1n) is 4.84. The van der Waals surface area contributed by atoms with Crippen LogP contribution < -0.4 is 5.32 Å². The zero-order chi connectivity index (χ0) is 12.8. The van der Waals surface area contributed by atoms with Gasteiger partial charge in [0.25, 0.3) is 0 Å². The van der Waals surface area contributed by atoms with E-state index in [1.165, 1.54) is 6.07 Å². The second-order valence-electron chi connectivity index (χ2n) is 3.25. The molecular weight excluding hydrogens is 232 g/mol. The summed E-state index contributed by atoms with van der Waals surface area (Å²) in [5.41, 5.74) is 0.522. The highest BCUT2D eigenvalue weighted by Gasteiger charge is 2.12. The number of ether oxygens (including phenoxy) is 1. The molecule has 1 amide bonds. The minimum absolute atomic E-state index is 0.138. The summed E-state index contributed by atoms with van der Waals surface area (Å²) in [6, 6.07) is 3.45. The molecule has 1 aromatic rings. The van der Waals surface area contributed by atoms with Crippen molar-refractivity contribution < 1.29 is 23.1 Å². The quantitative estimate of drug-likeness (QED) is 0.631. The number of amides is 1. The molecule has 0 aliphatic heterocycles. The van der Waals surface area contributed by atoms with Crippen molar-refractivity contribution in [3.63, 3.8) is 0 Å². The van der Waals surface area contributed by atoms with Gasteiger partial charge in [0.15, 0.2) is 11.6 Å². The zero-order valence-electron chi connectivity index (χ0n) is 9.13. The van der Waals surface area contributed by atoms with E-state index in [2.05, 4.69) is 10.1 Å². The van der Waals surface area contributed by atoms with Crippen LogP contribution in [0.2, 0.25) is 0 Å². The number of rotatable bonds is 3. The van der Waals surface area contributed by atoms with Crippen LogP contribution in [0, 0.1) is 11.6 Å².